The van der Waals surface area contributed by atoms with E-state index in [1.807, 2.05) is 18.2 Å². The first kappa shape index (κ1) is 11.3. The first-order valence-corrected chi connectivity index (χ1v) is 5.06. The maximum atomic E-state index is 5.98. The van der Waals surface area contributed by atoms with Crippen LogP contribution in [-0.2, 0) is 11.2 Å². The molecule has 0 aliphatic heterocycles. The molecule has 0 aliphatic carbocycles. The molecular formula is C11H15ClO2. The summed E-state index contributed by atoms with van der Waals surface area (Å²) in [4.78, 5) is 0. The van der Waals surface area contributed by atoms with E-state index >= 15 is 0 Å². The molecule has 0 bridgehead atoms. The van der Waals surface area contributed by atoms with Crippen molar-refractivity contribution < 1.29 is 9.47 Å². The molecule has 0 atom stereocenters. The minimum absolute atomic E-state index is 0.571. The van der Waals surface area contributed by atoms with Crippen molar-refractivity contribution in [3.8, 4) is 5.75 Å². The summed E-state index contributed by atoms with van der Waals surface area (Å²) in [7, 11) is 1.66. The first-order chi connectivity index (χ1) is 6.77. The molecule has 1 aromatic carbocycles. The monoisotopic (exact) mass is 214 g/mol. The highest BCUT2D eigenvalue weighted by atomic mass is 35.5. The van der Waals surface area contributed by atoms with E-state index in [-0.39, 0.29) is 0 Å². The van der Waals surface area contributed by atoms with E-state index in [2.05, 4.69) is 6.92 Å². The fourth-order valence-electron chi connectivity index (χ4n) is 1.15. The molecule has 0 aromatic heterocycles. The van der Waals surface area contributed by atoms with Crippen molar-refractivity contribution in [3.05, 3.63) is 28.8 Å². The quantitative estimate of drug-likeness (QED) is 0.702. The lowest BCUT2D eigenvalue weighted by molar-refractivity contribution is 0.146. The molecule has 0 fully saturated rings. The van der Waals surface area contributed by atoms with Crippen LogP contribution in [0.2, 0.25) is 5.02 Å². The van der Waals surface area contributed by atoms with Crippen LogP contribution in [0.1, 0.15) is 12.5 Å². The van der Waals surface area contributed by atoms with Crippen LogP contribution >= 0.6 is 11.6 Å². The molecule has 14 heavy (non-hydrogen) atoms. The summed E-state index contributed by atoms with van der Waals surface area (Å²) in [6, 6.07) is 5.71. The zero-order chi connectivity index (χ0) is 10.4. The summed E-state index contributed by atoms with van der Waals surface area (Å²) >= 11 is 5.98. The Morgan fingerprint density at radius 1 is 1.29 bits per heavy atom. The molecule has 0 aliphatic rings. The summed E-state index contributed by atoms with van der Waals surface area (Å²) in [6.45, 7) is 3.24. The summed E-state index contributed by atoms with van der Waals surface area (Å²) < 4.78 is 10.4. The van der Waals surface area contributed by atoms with E-state index < -0.39 is 0 Å². The lowest BCUT2D eigenvalue weighted by Gasteiger charge is -2.07. The molecule has 1 aromatic rings. The number of benzene rings is 1. The molecular weight excluding hydrogens is 200 g/mol. The van der Waals surface area contributed by atoms with Crippen LogP contribution in [0.3, 0.4) is 0 Å². The van der Waals surface area contributed by atoms with Gasteiger partial charge in [0, 0.05) is 12.1 Å². The van der Waals surface area contributed by atoms with Crippen molar-refractivity contribution in [1.82, 2.24) is 0 Å². The second-order valence-electron chi connectivity index (χ2n) is 2.95. The van der Waals surface area contributed by atoms with Crippen molar-refractivity contribution in [2.75, 3.05) is 20.3 Å². The Balaban J connectivity index is 2.60. The topological polar surface area (TPSA) is 18.5 Å². The summed E-state index contributed by atoms with van der Waals surface area (Å²) in [5, 5.41) is 0.798. The average molecular weight is 215 g/mol. The molecule has 1 rings (SSSR count). The molecule has 0 saturated heterocycles. The SMILES string of the molecule is CCc1cc(OCCOC)ccc1Cl. The molecule has 78 valence electrons. The Morgan fingerprint density at radius 3 is 2.71 bits per heavy atom. The molecule has 0 heterocycles. The van der Waals surface area contributed by atoms with Gasteiger partial charge in [-0.15, -0.1) is 0 Å². The van der Waals surface area contributed by atoms with Crippen molar-refractivity contribution in [1.29, 1.82) is 0 Å². The lowest BCUT2D eigenvalue weighted by Crippen LogP contribution is -2.04. The van der Waals surface area contributed by atoms with Crippen molar-refractivity contribution in [3.63, 3.8) is 0 Å². The smallest absolute Gasteiger partial charge is 0.119 e. The van der Waals surface area contributed by atoms with Gasteiger partial charge in [0.1, 0.15) is 12.4 Å². The van der Waals surface area contributed by atoms with Crippen LogP contribution in [0.4, 0.5) is 0 Å². The van der Waals surface area contributed by atoms with Crippen LogP contribution in [0.25, 0.3) is 0 Å². The van der Waals surface area contributed by atoms with Gasteiger partial charge in [0.25, 0.3) is 0 Å². The zero-order valence-electron chi connectivity index (χ0n) is 8.55. The molecule has 0 N–H and O–H groups in total. The molecule has 0 unspecified atom stereocenters. The minimum Gasteiger partial charge on any atom is -0.491 e. The van der Waals surface area contributed by atoms with Crippen molar-refractivity contribution in [2.24, 2.45) is 0 Å². The highest BCUT2D eigenvalue weighted by Gasteiger charge is 2.00. The summed E-state index contributed by atoms with van der Waals surface area (Å²) in [5.41, 5.74) is 1.11. The van der Waals surface area contributed by atoms with Gasteiger partial charge < -0.3 is 9.47 Å². The number of methoxy groups -OCH3 is 1. The van der Waals surface area contributed by atoms with Crippen LogP contribution in [-0.4, -0.2) is 20.3 Å². The third-order valence-corrected chi connectivity index (χ3v) is 2.32. The van der Waals surface area contributed by atoms with Gasteiger partial charge >= 0.3 is 0 Å². The fraction of sp³-hybridized carbons (Fsp3) is 0.455. The Labute approximate surface area is 89.8 Å². The number of ether oxygens (including phenoxy) is 2. The average Bonchev–Trinajstić information content (AvgIpc) is 2.21. The maximum Gasteiger partial charge on any atom is 0.119 e. The van der Waals surface area contributed by atoms with Crippen LogP contribution in [0, 0.1) is 0 Å². The van der Waals surface area contributed by atoms with Gasteiger partial charge in [-0.05, 0) is 30.2 Å². The molecule has 2 nitrogen and oxygen atoms in total. The molecule has 3 heteroatoms. The maximum absolute atomic E-state index is 5.98. The second kappa shape index (κ2) is 5.89. The van der Waals surface area contributed by atoms with E-state index in [9.17, 15) is 0 Å². The molecule has 0 spiro atoms. The van der Waals surface area contributed by atoms with E-state index in [0.29, 0.717) is 13.2 Å². The van der Waals surface area contributed by atoms with E-state index in [0.717, 1.165) is 22.8 Å². The van der Waals surface area contributed by atoms with Gasteiger partial charge in [0.2, 0.25) is 0 Å². The third-order valence-electron chi connectivity index (χ3n) is 1.95. The van der Waals surface area contributed by atoms with Crippen LogP contribution in [0.15, 0.2) is 18.2 Å². The highest BCUT2D eigenvalue weighted by Crippen LogP contribution is 2.22. The van der Waals surface area contributed by atoms with Crippen LogP contribution in [0.5, 0.6) is 5.75 Å². The van der Waals surface area contributed by atoms with E-state index in [1.54, 1.807) is 7.11 Å². The van der Waals surface area contributed by atoms with Gasteiger partial charge in [-0.3, -0.25) is 0 Å². The standard InChI is InChI=1S/C11H15ClO2/c1-3-9-8-10(4-5-11(9)12)14-7-6-13-2/h4-5,8H,3,6-7H2,1-2H3. The Bertz CT molecular complexity index is 287. The normalized spacial score (nSPS) is 10.2. The van der Waals surface area contributed by atoms with Gasteiger partial charge in [-0.25, -0.2) is 0 Å². The summed E-state index contributed by atoms with van der Waals surface area (Å²) in [5.74, 6) is 0.850. The minimum atomic E-state index is 0.571. The van der Waals surface area contributed by atoms with Gasteiger partial charge in [0.05, 0.1) is 6.61 Å². The fourth-order valence-corrected chi connectivity index (χ4v) is 1.41. The molecule has 0 saturated carbocycles. The van der Waals surface area contributed by atoms with Crippen molar-refractivity contribution in [2.45, 2.75) is 13.3 Å². The first-order valence-electron chi connectivity index (χ1n) is 4.68. The number of rotatable bonds is 5. The lowest BCUT2D eigenvalue weighted by atomic mass is 10.1. The summed E-state index contributed by atoms with van der Waals surface area (Å²) in [6.07, 6.45) is 0.917. The van der Waals surface area contributed by atoms with Gasteiger partial charge in [0.15, 0.2) is 0 Å². The number of aryl methyl sites for hydroxylation is 1. The predicted molar refractivity (Wildman–Crippen MR) is 58.2 cm³/mol. The number of hydrogen-bond donors (Lipinski definition) is 0. The molecule has 0 amide bonds. The number of halogens is 1. The Hall–Kier alpha value is -0.730. The number of hydrogen-bond acceptors (Lipinski definition) is 2. The molecule has 0 radical (unpaired) electrons. The highest BCUT2D eigenvalue weighted by molar-refractivity contribution is 6.31. The Morgan fingerprint density at radius 2 is 2.07 bits per heavy atom. The van der Waals surface area contributed by atoms with Crippen molar-refractivity contribution >= 4 is 11.6 Å². The third kappa shape index (κ3) is 3.20. The second-order valence-corrected chi connectivity index (χ2v) is 3.36. The zero-order valence-corrected chi connectivity index (χ0v) is 9.30. The van der Waals surface area contributed by atoms with Gasteiger partial charge in [-0.1, -0.05) is 18.5 Å². The van der Waals surface area contributed by atoms with E-state index in [4.69, 9.17) is 21.1 Å². The van der Waals surface area contributed by atoms with E-state index in [1.165, 1.54) is 0 Å². The van der Waals surface area contributed by atoms with Crippen LogP contribution < -0.4 is 4.74 Å². The van der Waals surface area contributed by atoms with Gasteiger partial charge in [-0.2, -0.15) is 0 Å². The largest absolute Gasteiger partial charge is 0.491 e. The predicted octanol–water partition coefficient (Wildman–Crippen LogP) is 2.93. The Kier molecular flexibility index (Phi) is 4.77.